The van der Waals surface area contributed by atoms with Crippen LogP contribution in [0, 0.1) is 0 Å². The Kier molecular flexibility index (Phi) is 9.63. The summed E-state index contributed by atoms with van der Waals surface area (Å²) in [6.07, 6.45) is 0. The van der Waals surface area contributed by atoms with Crippen LogP contribution in [-0.4, -0.2) is 0 Å². The van der Waals surface area contributed by atoms with Crippen LogP contribution >= 0.6 is 0 Å². The average molecular weight is 916 g/mol. The fourth-order valence-corrected chi connectivity index (χ4v) is 12.6. The van der Waals surface area contributed by atoms with Crippen molar-refractivity contribution in [1.82, 2.24) is 0 Å². The minimum absolute atomic E-state index is 0.271. The summed E-state index contributed by atoms with van der Waals surface area (Å²) < 4.78 is 0. The third-order valence-electron chi connectivity index (χ3n) is 16.0. The van der Waals surface area contributed by atoms with E-state index >= 15 is 0 Å². The molecule has 1 unspecified atom stereocenters. The second-order valence-electron chi connectivity index (χ2n) is 19.7. The zero-order valence-electron chi connectivity index (χ0n) is 40.0. The van der Waals surface area contributed by atoms with Gasteiger partial charge in [0, 0.05) is 22.4 Å². The zero-order valence-corrected chi connectivity index (χ0v) is 40.0. The van der Waals surface area contributed by atoms with E-state index < -0.39 is 5.41 Å². The van der Waals surface area contributed by atoms with Gasteiger partial charge in [0.05, 0.1) is 11.1 Å². The first kappa shape index (κ1) is 41.9. The Morgan fingerprint density at radius 3 is 1.49 bits per heavy atom. The molecule has 0 bridgehead atoms. The molecule has 0 fully saturated rings. The van der Waals surface area contributed by atoms with Gasteiger partial charge in [-0.3, -0.25) is 0 Å². The predicted octanol–water partition coefficient (Wildman–Crippen LogP) is 18.5. The number of para-hydroxylation sites is 1. The smallest absolute Gasteiger partial charge is 0.0713 e. The third-order valence-corrected chi connectivity index (χ3v) is 16.0. The van der Waals surface area contributed by atoms with E-state index in [9.17, 15) is 0 Å². The summed E-state index contributed by atoms with van der Waals surface area (Å²) in [7, 11) is 0. The minimum Gasteiger partial charge on any atom is -0.310 e. The molecule has 0 amide bonds. The maximum Gasteiger partial charge on any atom is 0.0713 e. The molecule has 12 aromatic carbocycles. The number of benzene rings is 12. The Balaban J connectivity index is 0.935. The van der Waals surface area contributed by atoms with Gasteiger partial charge < -0.3 is 4.90 Å². The van der Waals surface area contributed by atoms with Gasteiger partial charge in [0.1, 0.15) is 0 Å². The van der Waals surface area contributed by atoms with Gasteiger partial charge in [-0.05, 0) is 149 Å². The molecule has 0 heterocycles. The van der Waals surface area contributed by atoms with Crippen LogP contribution in [0.3, 0.4) is 0 Å². The highest BCUT2D eigenvalue weighted by molar-refractivity contribution is 6.09. The predicted molar refractivity (Wildman–Crippen MR) is 302 cm³/mol. The van der Waals surface area contributed by atoms with E-state index in [0.29, 0.717) is 0 Å². The summed E-state index contributed by atoms with van der Waals surface area (Å²) in [6, 6.07) is 104. The molecular weight excluding hydrogens is 867 g/mol. The van der Waals surface area contributed by atoms with E-state index in [2.05, 4.69) is 291 Å². The summed E-state index contributed by atoms with van der Waals surface area (Å²) in [6.45, 7) is 2.39. The number of nitrogens with zero attached hydrogens (tertiary/aromatic N) is 1. The molecule has 1 atom stereocenters. The number of anilines is 3. The van der Waals surface area contributed by atoms with E-state index in [4.69, 9.17) is 0 Å². The molecule has 0 spiro atoms. The van der Waals surface area contributed by atoms with Crippen LogP contribution in [-0.2, 0) is 10.8 Å². The van der Waals surface area contributed by atoms with Crippen molar-refractivity contribution in [3.8, 4) is 44.5 Å². The van der Waals surface area contributed by atoms with Crippen molar-refractivity contribution in [1.29, 1.82) is 0 Å². The van der Waals surface area contributed by atoms with E-state index in [0.717, 1.165) is 22.6 Å². The van der Waals surface area contributed by atoms with Gasteiger partial charge in [0.2, 0.25) is 0 Å². The molecule has 72 heavy (non-hydrogen) atoms. The van der Waals surface area contributed by atoms with Crippen molar-refractivity contribution in [2.24, 2.45) is 0 Å². The Morgan fingerprint density at radius 1 is 0.278 bits per heavy atom. The van der Waals surface area contributed by atoms with Crippen LogP contribution in [0.1, 0.15) is 45.9 Å². The summed E-state index contributed by atoms with van der Waals surface area (Å²) in [4.78, 5) is 2.46. The minimum atomic E-state index is -0.505. The lowest BCUT2D eigenvalue weighted by molar-refractivity contribution is 0.714. The molecule has 0 N–H and O–H groups in total. The van der Waals surface area contributed by atoms with Crippen LogP contribution in [0.25, 0.3) is 66.1 Å². The summed E-state index contributed by atoms with van der Waals surface area (Å²) in [5.41, 5.74) is 21.6. The van der Waals surface area contributed by atoms with Gasteiger partial charge in [-0.2, -0.15) is 0 Å². The number of rotatable bonds is 8. The molecule has 2 aliphatic rings. The molecule has 14 rings (SSSR count). The van der Waals surface area contributed by atoms with Crippen molar-refractivity contribution in [3.05, 3.63) is 318 Å². The molecule has 12 aromatic rings. The molecule has 1 heteroatoms. The highest BCUT2D eigenvalue weighted by Gasteiger charge is 2.46. The first-order valence-corrected chi connectivity index (χ1v) is 25.2. The first-order chi connectivity index (χ1) is 35.6. The maximum atomic E-state index is 2.48. The quantitative estimate of drug-likeness (QED) is 0.137. The summed E-state index contributed by atoms with van der Waals surface area (Å²) in [5, 5.41) is 4.96. The van der Waals surface area contributed by atoms with Gasteiger partial charge in [-0.25, -0.2) is 0 Å². The van der Waals surface area contributed by atoms with Gasteiger partial charge >= 0.3 is 0 Å². The lowest BCUT2D eigenvalue weighted by Gasteiger charge is -2.34. The van der Waals surface area contributed by atoms with Gasteiger partial charge in [-0.15, -0.1) is 0 Å². The van der Waals surface area contributed by atoms with Crippen LogP contribution in [0.4, 0.5) is 17.1 Å². The normalized spacial score (nSPS) is 14.9. The van der Waals surface area contributed by atoms with Crippen LogP contribution in [0.5, 0.6) is 0 Å². The van der Waals surface area contributed by atoms with Gasteiger partial charge in [0.15, 0.2) is 0 Å². The molecular formula is C71H49N. The monoisotopic (exact) mass is 915 g/mol. The molecule has 2 aliphatic carbocycles. The lowest BCUT2D eigenvalue weighted by Crippen LogP contribution is -2.28. The topological polar surface area (TPSA) is 3.24 Å². The second-order valence-corrected chi connectivity index (χ2v) is 19.7. The number of hydrogen-bond donors (Lipinski definition) is 0. The van der Waals surface area contributed by atoms with Crippen molar-refractivity contribution >= 4 is 38.6 Å². The van der Waals surface area contributed by atoms with Crippen molar-refractivity contribution in [2.45, 2.75) is 17.8 Å². The van der Waals surface area contributed by atoms with Crippen molar-refractivity contribution in [2.75, 3.05) is 4.90 Å². The van der Waals surface area contributed by atoms with Crippen molar-refractivity contribution in [3.63, 3.8) is 0 Å². The second kappa shape index (κ2) is 16.5. The Hall–Kier alpha value is -9.04. The SMILES string of the molecule is CC1(c2ccccc2)c2ccccc2-c2ccc(-c3ccc(N(c4ccc5c(ccc6ccccc65)c4)c4ccccc4-c4ccc5c(c4)C(c4ccccc4)(c4ccccc4)c4ccccc4-5)cc3)cc21. The van der Waals surface area contributed by atoms with Crippen LogP contribution < -0.4 is 4.90 Å². The first-order valence-electron chi connectivity index (χ1n) is 25.2. The van der Waals surface area contributed by atoms with Crippen molar-refractivity contribution < 1.29 is 0 Å². The fraction of sp³-hybridized carbons (Fsp3) is 0.0423. The Labute approximate surface area is 421 Å². The average Bonchev–Trinajstić information content (AvgIpc) is 3.90. The van der Waals surface area contributed by atoms with Crippen LogP contribution in [0.15, 0.2) is 279 Å². The van der Waals surface area contributed by atoms with E-state index in [1.165, 1.54) is 99.4 Å². The van der Waals surface area contributed by atoms with E-state index in [1.54, 1.807) is 0 Å². The number of fused-ring (bicyclic) bond motifs is 9. The molecule has 0 aliphatic heterocycles. The Bertz CT molecular complexity index is 4000. The Morgan fingerprint density at radius 2 is 0.764 bits per heavy atom. The highest BCUT2D eigenvalue weighted by Crippen LogP contribution is 2.58. The van der Waals surface area contributed by atoms with Crippen LogP contribution in [0.2, 0.25) is 0 Å². The lowest BCUT2D eigenvalue weighted by atomic mass is 9.67. The largest absolute Gasteiger partial charge is 0.310 e. The number of hydrogen-bond acceptors (Lipinski definition) is 1. The van der Waals surface area contributed by atoms with E-state index in [-0.39, 0.29) is 5.41 Å². The summed E-state index contributed by atoms with van der Waals surface area (Å²) in [5.74, 6) is 0. The molecule has 1 nitrogen and oxygen atoms in total. The standard InChI is InChI=1S/C71H49N/c1-70(53-20-5-2-6-21-53)65-30-16-13-28-61(65)63-42-37-50(46-67(63)70)48-35-39-56(40-36-48)72(57-41-44-59-51(45-57)34-33-49-19-11-12-26-58(49)59)69-32-18-15-27-60(69)52-38-43-64-62-29-14-17-31-66(62)71(68(64)47-52,54-22-7-3-8-23-54)55-24-9-4-10-25-55/h2-47H,1H3. The summed E-state index contributed by atoms with van der Waals surface area (Å²) >= 11 is 0. The molecule has 0 saturated heterocycles. The van der Waals surface area contributed by atoms with Gasteiger partial charge in [-0.1, -0.05) is 237 Å². The van der Waals surface area contributed by atoms with Gasteiger partial charge in [0.25, 0.3) is 0 Å². The fourth-order valence-electron chi connectivity index (χ4n) is 12.6. The molecule has 0 aromatic heterocycles. The zero-order chi connectivity index (χ0) is 47.8. The molecule has 338 valence electrons. The molecule has 0 saturated carbocycles. The maximum absolute atomic E-state index is 2.48. The highest BCUT2D eigenvalue weighted by atomic mass is 15.1. The third kappa shape index (κ3) is 6.27. The van der Waals surface area contributed by atoms with E-state index in [1.807, 2.05) is 0 Å². The molecule has 0 radical (unpaired) electrons.